The van der Waals surface area contributed by atoms with Crippen LogP contribution in [0.1, 0.15) is 125 Å². The van der Waals surface area contributed by atoms with Gasteiger partial charge in [-0.3, -0.25) is 4.79 Å². The third-order valence-corrected chi connectivity index (χ3v) is 20.9. The first kappa shape index (κ1) is 65.0. The Morgan fingerprint density at radius 3 is 1.75 bits per heavy atom. The fraction of sp³-hybridized carbons (Fsp3) is 0.806. The first-order valence-electron chi connectivity index (χ1n) is 30.6. The number of ketones is 1. The summed E-state index contributed by atoms with van der Waals surface area (Å²) in [7, 11) is 3.04. The average Bonchev–Trinajstić information content (AvgIpc) is 1.65. The van der Waals surface area contributed by atoms with Crippen LogP contribution in [0.5, 0.6) is 0 Å². The van der Waals surface area contributed by atoms with Crippen LogP contribution in [-0.4, -0.2) is 226 Å². The van der Waals surface area contributed by atoms with E-state index in [2.05, 4.69) is 6.92 Å². The Balaban J connectivity index is 0.703. The highest BCUT2D eigenvalue weighted by Gasteiger charge is 2.77. The van der Waals surface area contributed by atoms with Crippen molar-refractivity contribution in [2.45, 2.75) is 272 Å². The van der Waals surface area contributed by atoms with E-state index in [0.29, 0.717) is 25.7 Å². The third-order valence-electron chi connectivity index (χ3n) is 20.9. The van der Waals surface area contributed by atoms with Crippen molar-refractivity contribution in [1.82, 2.24) is 0 Å². The highest BCUT2D eigenvalue weighted by Crippen LogP contribution is 2.70. The molecule has 85 heavy (non-hydrogen) atoms. The van der Waals surface area contributed by atoms with Crippen LogP contribution < -0.4 is 0 Å². The average molecular weight is 1210 g/mol. The maximum atomic E-state index is 13.6. The summed E-state index contributed by atoms with van der Waals surface area (Å²) in [5.74, 6) is -1.81. The number of esters is 1. The Bertz CT molecular complexity index is 2480. The fourth-order valence-electron chi connectivity index (χ4n) is 16.2. The molecule has 1 aromatic carbocycles. The van der Waals surface area contributed by atoms with Crippen LogP contribution in [0.4, 0.5) is 0 Å². The Kier molecular flexibility index (Phi) is 20.0. The minimum Gasteiger partial charge on any atom is -0.458 e. The number of aliphatic hydroxyl groups excluding tert-OH is 6. The lowest BCUT2D eigenvalue weighted by molar-refractivity contribution is -0.358. The summed E-state index contributed by atoms with van der Waals surface area (Å²) >= 11 is 0. The van der Waals surface area contributed by atoms with E-state index in [4.69, 9.17) is 61.6 Å². The van der Waals surface area contributed by atoms with E-state index in [1.54, 1.807) is 27.0 Å². The highest BCUT2D eigenvalue weighted by molar-refractivity contribution is 5.87. The van der Waals surface area contributed by atoms with Crippen molar-refractivity contribution >= 4 is 17.8 Å². The van der Waals surface area contributed by atoms with Crippen LogP contribution in [-0.2, 0) is 71.2 Å². The van der Waals surface area contributed by atoms with Crippen molar-refractivity contribution in [2.75, 3.05) is 20.8 Å². The molecule has 29 atom stereocenters. The molecule has 10 rings (SSSR count). The molecule has 8 fully saturated rings. The summed E-state index contributed by atoms with van der Waals surface area (Å²) in [5, 5.41) is 89.8. The molecule has 0 radical (unpaired) electrons. The number of ether oxygens (including phenoxy) is 13. The smallest absolute Gasteiger partial charge is 0.331 e. The number of fused-ring (bicyclic) bond motifs is 5. The molecular weight excluding hydrogens is 1110 g/mol. The lowest BCUT2D eigenvalue weighted by Gasteiger charge is -2.66. The third kappa shape index (κ3) is 12.4. The summed E-state index contributed by atoms with van der Waals surface area (Å²) in [4.78, 5) is 26.9. The number of hydrogen-bond donors (Lipinski definition) is 8. The molecule has 478 valence electrons. The van der Waals surface area contributed by atoms with Gasteiger partial charge in [0.1, 0.15) is 71.9 Å². The van der Waals surface area contributed by atoms with Crippen LogP contribution in [0, 0.1) is 22.7 Å². The maximum absolute atomic E-state index is 13.6. The van der Waals surface area contributed by atoms with E-state index in [1.807, 2.05) is 57.2 Å². The number of Topliss-reactive ketones (excluding diaryl/α,β-unsaturated/α-hetero) is 1. The summed E-state index contributed by atoms with van der Waals surface area (Å²) in [6.45, 7) is 11.9. The number of benzene rings is 1. The van der Waals surface area contributed by atoms with Crippen LogP contribution in [0.2, 0.25) is 0 Å². The monoisotopic (exact) mass is 1200 g/mol. The number of carbonyl (C=O) groups is 2. The summed E-state index contributed by atoms with van der Waals surface area (Å²) in [6, 6.07) is 9.39. The molecule has 5 saturated heterocycles. The number of hydrogen-bond acceptors (Lipinski definition) is 23. The highest BCUT2D eigenvalue weighted by atomic mass is 16.8. The second-order valence-electron chi connectivity index (χ2n) is 25.9. The molecule has 4 aliphatic carbocycles. The Labute approximate surface area is 497 Å². The Morgan fingerprint density at radius 2 is 1.20 bits per heavy atom. The van der Waals surface area contributed by atoms with Gasteiger partial charge in [-0.25, -0.2) is 4.79 Å². The number of rotatable bonds is 17. The fourth-order valence-corrected chi connectivity index (χ4v) is 16.2. The van der Waals surface area contributed by atoms with E-state index >= 15 is 0 Å². The van der Waals surface area contributed by atoms with Crippen molar-refractivity contribution in [2.24, 2.45) is 22.7 Å². The molecule has 5 heterocycles. The van der Waals surface area contributed by atoms with Gasteiger partial charge in [-0.2, -0.15) is 0 Å². The quantitative estimate of drug-likeness (QED) is 0.0631. The molecule has 3 saturated carbocycles. The summed E-state index contributed by atoms with van der Waals surface area (Å²) in [5.41, 5.74) is -3.24. The van der Waals surface area contributed by atoms with Gasteiger partial charge >= 0.3 is 5.97 Å². The van der Waals surface area contributed by atoms with Crippen LogP contribution >= 0.6 is 0 Å². The van der Waals surface area contributed by atoms with Gasteiger partial charge in [-0.15, -0.1) is 0 Å². The number of methoxy groups -OCH3 is 2. The Hall–Kier alpha value is -2.96. The van der Waals surface area contributed by atoms with Crippen LogP contribution in [0.3, 0.4) is 0 Å². The molecule has 23 heteroatoms. The van der Waals surface area contributed by atoms with Crippen molar-refractivity contribution in [3.8, 4) is 0 Å². The van der Waals surface area contributed by atoms with Gasteiger partial charge in [-0.05, 0) is 96.6 Å². The minimum absolute atomic E-state index is 0.0439. The lowest BCUT2D eigenvalue weighted by Crippen LogP contribution is -2.75. The van der Waals surface area contributed by atoms with Gasteiger partial charge in [-0.1, -0.05) is 55.8 Å². The Morgan fingerprint density at radius 1 is 0.659 bits per heavy atom. The molecule has 0 bridgehead atoms. The second kappa shape index (κ2) is 26.1. The number of aliphatic hydroxyl groups is 8. The van der Waals surface area contributed by atoms with Gasteiger partial charge in [0, 0.05) is 63.2 Å². The van der Waals surface area contributed by atoms with Crippen molar-refractivity contribution in [3.05, 3.63) is 53.6 Å². The van der Waals surface area contributed by atoms with Crippen LogP contribution in [0.15, 0.2) is 48.1 Å². The zero-order valence-corrected chi connectivity index (χ0v) is 50.2. The molecule has 0 unspecified atom stereocenters. The van der Waals surface area contributed by atoms with E-state index in [0.717, 1.165) is 11.1 Å². The normalized spacial score (nSPS) is 49.3. The predicted molar refractivity (Wildman–Crippen MR) is 297 cm³/mol. The molecule has 1 aromatic rings. The van der Waals surface area contributed by atoms with Gasteiger partial charge < -0.3 is 102 Å². The molecular formula is C62H92O23. The molecule has 0 spiro atoms. The zero-order valence-electron chi connectivity index (χ0n) is 50.2. The number of carbonyl (C=O) groups excluding carboxylic acids is 2. The topological polar surface area (TPSA) is 316 Å². The SMILES string of the molecule is CO[C@H]1C[C@H](O[C@H]2[C@@H](O)C[C@H](O[C@@H]3[C@@H](C)O[C@@H](O[C@H]4[C@@H](O)C[C@H](O[C@H]5CC[C@@]6(C)C(=CC[C@]7(O)[C@@H]6C[C@@H](OC(=O)C=Cc6ccccc6)[C@]6(C)[C@H](C(C)=O)CC[C@@]67O)C5)O[C@@H]4C)C[C@H]3OC)O[C@@H]2C)O[C@H](C)[C@H]1O[C@@H]1O[C@H](CO)[C@@H](O)[C@H](O)[C@H]1O. The largest absolute Gasteiger partial charge is 0.458 e. The van der Waals surface area contributed by atoms with Gasteiger partial charge in [0.15, 0.2) is 31.5 Å². The van der Waals surface area contributed by atoms with Crippen molar-refractivity contribution in [1.29, 1.82) is 0 Å². The summed E-state index contributed by atoms with van der Waals surface area (Å²) < 4.78 is 80.7. The molecule has 23 nitrogen and oxygen atoms in total. The minimum atomic E-state index is -1.72. The van der Waals surface area contributed by atoms with Gasteiger partial charge in [0.25, 0.3) is 0 Å². The summed E-state index contributed by atoms with van der Waals surface area (Å²) in [6.07, 6.45) is -12.2. The van der Waals surface area contributed by atoms with E-state index in [1.165, 1.54) is 20.1 Å². The standard InChI is InChI=1S/C62H92O23/c1-30(64)38-19-22-62(72)60(38,7)45(81-46(67)16-15-35-13-11-10-12-14-35)28-44-59(6)20-18-37(23-36(59)17-21-61(44,62)71)79-47-24-39(65)54(31(2)75-47)82-49-26-41(73-8)56(33(4)77-49)84-48-25-40(66)55(32(3)76-48)83-50-27-42(74-9)57(34(5)78-50)85-58-53(70)52(69)51(68)43(29-63)80-58/h10-17,31-34,37-45,47-58,63,65-66,68-72H,18-29H2,1-9H3/t31-,32-,33-,34-,37+,38+,39+,40+,41-,42+,43-,44-,45-,47+,48+,49+,50+,51-,52+,53-,54-,55-,56-,57-,58+,59+,60+,61+,62-/m1/s1. The second-order valence-corrected chi connectivity index (χ2v) is 25.9. The zero-order chi connectivity index (χ0) is 61.1. The van der Waals surface area contributed by atoms with E-state index < -0.39 is 182 Å². The first-order valence-corrected chi connectivity index (χ1v) is 30.6. The van der Waals surface area contributed by atoms with Gasteiger partial charge in [0.05, 0.1) is 61.5 Å². The van der Waals surface area contributed by atoms with Crippen molar-refractivity contribution < 1.29 is 112 Å². The molecule has 0 amide bonds. The molecule has 8 N–H and O–H groups in total. The van der Waals surface area contributed by atoms with Gasteiger partial charge in [0.2, 0.25) is 0 Å². The molecule has 9 aliphatic rings. The molecule has 5 aliphatic heterocycles. The van der Waals surface area contributed by atoms with Crippen LogP contribution in [0.25, 0.3) is 6.08 Å². The van der Waals surface area contributed by atoms with Crippen molar-refractivity contribution in [3.63, 3.8) is 0 Å². The van der Waals surface area contributed by atoms with E-state index in [9.17, 15) is 50.4 Å². The predicted octanol–water partition coefficient (Wildman–Crippen LogP) is 2.64. The first-order chi connectivity index (χ1) is 40.3. The van der Waals surface area contributed by atoms with E-state index in [-0.39, 0.29) is 56.8 Å². The maximum Gasteiger partial charge on any atom is 0.331 e. The molecule has 0 aromatic heterocycles. The lowest BCUT2D eigenvalue weighted by atomic mass is 9.43.